The average Bonchev–Trinajstić information content (AvgIpc) is 2.95. The van der Waals surface area contributed by atoms with Crippen molar-refractivity contribution in [2.24, 2.45) is 5.92 Å². The SMILES string of the molecule is O=C(O)CCc1cc2n(n1)CCCN(C(=O)[C@H]1CCc3ccccc3C1)C2. The molecular formula is C21H25N3O3. The van der Waals surface area contributed by atoms with Crippen LogP contribution in [0.25, 0.3) is 0 Å². The number of aryl methyl sites for hydroxylation is 3. The number of carbonyl (C=O) groups excluding carboxylic acids is 1. The molecule has 0 fully saturated rings. The number of carbonyl (C=O) groups is 2. The van der Waals surface area contributed by atoms with Gasteiger partial charge in [-0.2, -0.15) is 5.10 Å². The van der Waals surface area contributed by atoms with Gasteiger partial charge >= 0.3 is 5.97 Å². The Hall–Kier alpha value is -2.63. The molecule has 0 unspecified atom stereocenters. The number of carboxylic acids is 1. The van der Waals surface area contributed by atoms with Gasteiger partial charge in [-0.3, -0.25) is 14.3 Å². The van der Waals surface area contributed by atoms with Gasteiger partial charge in [-0.05, 0) is 42.9 Å². The molecule has 0 radical (unpaired) electrons. The van der Waals surface area contributed by atoms with Crippen molar-refractivity contribution in [3.63, 3.8) is 0 Å². The number of hydrogen-bond donors (Lipinski definition) is 1. The van der Waals surface area contributed by atoms with Crippen LogP contribution in [0.3, 0.4) is 0 Å². The first-order valence-electron chi connectivity index (χ1n) is 9.73. The molecule has 0 saturated heterocycles. The van der Waals surface area contributed by atoms with Gasteiger partial charge in [0.2, 0.25) is 5.91 Å². The van der Waals surface area contributed by atoms with E-state index in [1.54, 1.807) is 0 Å². The maximum Gasteiger partial charge on any atom is 0.303 e. The molecule has 1 amide bonds. The van der Waals surface area contributed by atoms with Crippen LogP contribution in [0.15, 0.2) is 30.3 Å². The second kappa shape index (κ2) is 7.55. The zero-order valence-electron chi connectivity index (χ0n) is 15.4. The van der Waals surface area contributed by atoms with Crippen molar-refractivity contribution in [3.8, 4) is 0 Å². The first kappa shape index (κ1) is 17.8. The lowest BCUT2D eigenvalue weighted by Gasteiger charge is -2.29. The van der Waals surface area contributed by atoms with Crippen LogP contribution in [0.5, 0.6) is 0 Å². The first-order chi connectivity index (χ1) is 13.1. The third-order valence-electron chi connectivity index (χ3n) is 5.67. The summed E-state index contributed by atoms with van der Waals surface area (Å²) < 4.78 is 1.95. The predicted octanol–water partition coefficient (Wildman–Crippen LogP) is 2.44. The van der Waals surface area contributed by atoms with Gasteiger partial charge < -0.3 is 10.0 Å². The van der Waals surface area contributed by atoms with Gasteiger partial charge in [-0.1, -0.05) is 24.3 Å². The minimum Gasteiger partial charge on any atom is -0.481 e. The van der Waals surface area contributed by atoms with E-state index in [9.17, 15) is 9.59 Å². The summed E-state index contributed by atoms with van der Waals surface area (Å²) >= 11 is 0. The standard InChI is InChI=1S/C21H25N3O3/c25-20(26)9-8-18-13-19-14-23(10-3-11-24(19)22-18)21(27)17-7-6-15-4-1-2-5-16(15)12-17/h1-2,4-5,13,17H,3,6-12,14H2,(H,25,26)/t17-/m0/s1. The molecule has 2 aliphatic rings. The Kier molecular flexibility index (Phi) is 4.97. The Bertz CT molecular complexity index is 858. The Morgan fingerprint density at radius 1 is 1.19 bits per heavy atom. The zero-order valence-corrected chi connectivity index (χ0v) is 15.4. The molecule has 1 aliphatic heterocycles. The van der Waals surface area contributed by atoms with E-state index in [2.05, 4.69) is 29.4 Å². The molecule has 1 atom stereocenters. The minimum absolute atomic E-state index is 0.0563. The van der Waals surface area contributed by atoms with Gasteiger partial charge in [0.15, 0.2) is 0 Å². The minimum atomic E-state index is -0.812. The summed E-state index contributed by atoms with van der Waals surface area (Å²) in [5, 5.41) is 13.4. The average molecular weight is 367 g/mol. The van der Waals surface area contributed by atoms with Crippen molar-refractivity contribution in [3.05, 3.63) is 52.8 Å². The molecule has 6 nitrogen and oxygen atoms in total. The van der Waals surface area contributed by atoms with E-state index < -0.39 is 5.97 Å². The Labute approximate surface area is 158 Å². The van der Waals surface area contributed by atoms with Gasteiger partial charge in [-0.15, -0.1) is 0 Å². The van der Waals surface area contributed by atoms with Crippen molar-refractivity contribution in [2.75, 3.05) is 6.54 Å². The van der Waals surface area contributed by atoms with Crippen LogP contribution < -0.4 is 0 Å². The highest BCUT2D eigenvalue weighted by atomic mass is 16.4. The van der Waals surface area contributed by atoms with E-state index in [4.69, 9.17) is 5.11 Å². The fourth-order valence-electron chi connectivity index (χ4n) is 4.23. The smallest absolute Gasteiger partial charge is 0.303 e. The topological polar surface area (TPSA) is 75.4 Å². The molecule has 1 aromatic carbocycles. The van der Waals surface area contributed by atoms with Crippen LogP contribution in [-0.4, -0.2) is 38.2 Å². The van der Waals surface area contributed by atoms with Crippen LogP contribution in [0.1, 0.15) is 41.8 Å². The molecule has 0 saturated carbocycles. The number of benzene rings is 1. The molecular weight excluding hydrogens is 342 g/mol. The highest BCUT2D eigenvalue weighted by molar-refractivity contribution is 5.79. The number of fused-ring (bicyclic) bond motifs is 2. The summed E-state index contributed by atoms with van der Waals surface area (Å²) in [5.74, 6) is -0.514. The quantitative estimate of drug-likeness (QED) is 0.901. The summed E-state index contributed by atoms with van der Waals surface area (Å²) in [6, 6.07) is 10.4. The van der Waals surface area contributed by atoms with E-state index in [0.29, 0.717) is 13.0 Å². The van der Waals surface area contributed by atoms with E-state index in [-0.39, 0.29) is 18.2 Å². The van der Waals surface area contributed by atoms with Crippen LogP contribution in [0.4, 0.5) is 0 Å². The van der Waals surface area contributed by atoms with Gasteiger partial charge in [-0.25, -0.2) is 0 Å². The van der Waals surface area contributed by atoms with Gasteiger partial charge in [0.05, 0.1) is 24.4 Å². The summed E-state index contributed by atoms with van der Waals surface area (Å²) in [7, 11) is 0. The summed E-state index contributed by atoms with van der Waals surface area (Å²) in [6.45, 7) is 2.10. The lowest BCUT2D eigenvalue weighted by atomic mass is 9.83. The van der Waals surface area contributed by atoms with Crippen LogP contribution in [0, 0.1) is 5.92 Å². The Morgan fingerprint density at radius 3 is 2.81 bits per heavy atom. The molecule has 0 bridgehead atoms. The molecule has 27 heavy (non-hydrogen) atoms. The van der Waals surface area contributed by atoms with Crippen molar-refractivity contribution >= 4 is 11.9 Å². The first-order valence-corrected chi connectivity index (χ1v) is 9.73. The van der Waals surface area contributed by atoms with Crippen LogP contribution in [0.2, 0.25) is 0 Å². The fraction of sp³-hybridized carbons (Fsp3) is 0.476. The number of aromatic nitrogens is 2. The zero-order chi connectivity index (χ0) is 18.8. The van der Waals surface area contributed by atoms with E-state index in [1.165, 1.54) is 11.1 Å². The number of hydrogen-bond acceptors (Lipinski definition) is 3. The molecule has 1 aromatic heterocycles. The number of aliphatic carboxylic acids is 1. The fourth-order valence-corrected chi connectivity index (χ4v) is 4.23. The van der Waals surface area contributed by atoms with E-state index in [0.717, 1.165) is 50.2 Å². The van der Waals surface area contributed by atoms with Crippen molar-refractivity contribution in [1.82, 2.24) is 14.7 Å². The van der Waals surface area contributed by atoms with Gasteiger partial charge in [0.25, 0.3) is 0 Å². The number of rotatable bonds is 4. The van der Waals surface area contributed by atoms with Gasteiger partial charge in [0, 0.05) is 25.4 Å². The summed E-state index contributed by atoms with van der Waals surface area (Å²) in [5.41, 5.74) is 4.49. The lowest BCUT2D eigenvalue weighted by Crippen LogP contribution is -2.38. The Morgan fingerprint density at radius 2 is 2.00 bits per heavy atom. The monoisotopic (exact) mass is 367 g/mol. The van der Waals surface area contributed by atoms with Crippen LogP contribution in [-0.2, 0) is 41.9 Å². The predicted molar refractivity (Wildman–Crippen MR) is 100 cm³/mol. The number of amides is 1. The Balaban J connectivity index is 1.45. The molecule has 1 N–H and O–H groups in total. The largest absolute Gasteiger partial charge is 0.481 e. The number of nitrogens with zero attached hydrogens (tertiary/aromatic N) is 3. The molecule has 4 rings (SSSR count). The third kappa shape index (κ3) is 3.89. The molecule has 142 valence electrons. The number of carboxylic acid groups (broad SMARTS) is 1. The van der Waals surface area contributed by atoms with E-state index in [1.807, 2.05) is 15.6 Å². The van der Waals surface area contributed by atoms with Crippen molar-refractivity contribution < 1.29 is 14.7 Å². The second-order valence-corrected chi connectivity index (χ2v) is 7.57. The molecule has 2 heterocycles. The maximum absolute atomic E-state index is 13.2. The molecule has 1 aliphatic carbocycles. The summed E-state index contributed by atoms with van der Waals surface area (Å²) in [4.78, 5) is 25.9. The summed E-state index contributed by atoms with van der Waals surface area (Å²) in [6.07, 6.45) is 4.10. The highest BCUT2D eigenvalue weighted by Gasteiger charge is 2.29. The normalized spacial score (nSPS) is 19.1. The van der Waals surface area contributed by atoms with Crippen LogP contribution >= 0.6 is 0 Å². The molecule has 0 spiro atoms. The molecule has 6 heteroatoms. The second-order valence-electron chi connectivity index (χ2n) is 7.57. The maximum atomic E-state index is 13.2. The van der Waals surface area contributed by atoms with Crippen molar-refractivity contribution in [2.45, 2.75) is 51.6 Å². The highest BCUT2D eigenvalue weighted by Crippen LogP contribution is 2.28. The third-order valence-corrected chi connectivity index (χ3v) is 5.67. The molecule has 2 aromatic rings. The van der Waals surface area contributed by atoms with E-state index >= 15 is 0 Å². The van der Waals surface area contributed by atoms with Gasteiger partial charge in [0.1, 0.15) is 0 Å². The van der Waals surface area contributed by atoms with Crippen molar-refractivity contribution in [1.29, 1.82) is 0 Å². The lowest BCUT2D eigenvalue weighted by molar-refractivity contribution is -0.137.